The maximum atomic E-state index is 12.3. The van der Waals surface area contributed by atoms with E-state index in [1.165, 1.54) is 0 Å². The normalized spacial score (nSPS) is 13.5. The van der Waals surface area contributed by atoms with Gasteiger partial charge in [0.15, 0.2) is 0 Å². The third kappa shape index (κ3) is 5.01. The summed E-state index contributed by atoms with van der Waals surface area (Å²) in [5, 5.41) is 0. The molecule has 1 unspecified atom stereocenters. The van der Waals surface area contributed by atoms with Crippen LogP contribution in [-0.4, -0.2) is 20.3 Å². The lowest BCUT2D eigenvalue weighted by atomic mass is 10.2. The molecular weight excluding hydrogens is 417 g/mol. The van der Waals surface area contributed by atoms with Gasteiger partial charge >= 0.3 is 0 Å². The molecule has 1 aromatic carbocycles. The molecule has 0 spiro atoms. The van der Waals surface area contributed by atoms with Gasteiger partial charge in [0.25, 0.3) is 0 Å². The lowest BCUT2D eigenvalue weighted by Gasteiger charge is -2.15. The Hall–Kier alpha value is 0.380. The van der Waals surface area contributed by atoms with Crippen molar-refractivity contribution in [2.24, 2.45) is 0 Å². The van der Waals surface area contributed by atoms with Crippen LogP contribution in [0.5, 0.6) is 0 Å². The number of rotatable bonds is 6. The Morgan fingerprint density at radius 3 is 2.53 bits per heavy atom. The fourth-order valence-corrected chi connectivity index (χ4v) is 4.71. The lowest BCUT2D eigenvalue weighted by molar-refractivity contribution is 0.544. The van der Waals surface area contributed by atoms with E-state index < -0.39 is 10.0 Å². The summed E-state index contributed by atoms with van der Waals surface area (Å²) in [6.45, 7) is 3.74. The number of sulfonamides is 1. The molecule has 108 valence electrons. The number of hydrogen-bond donors (Lipinski definition) is 1. The first-order valence-corrected chi connectivity index (χ1v) is 9.42. The van der Waals surface area contributed by atoms with E-state index in [1.807, 2.05) is 13.8 Å². The molecule has 0 saturated heterocycles. The molecule has 1 rings (SSSR count). The highest BCUT2D eigenvalue weighted by atomic mass is 79.9. The molecule has 0 bridgehead atoms. The number of aryl methyl sites for hydroxylation is 1. The summed E-state index contributed by atoms with van der Waals surface area (Å²) in [5.74, 6) is 0.534. The molecule has 1 N–H and O–H groups in total. The van der Waals surface area contributed by atoms with E-state index in [9.17, 15) is 8.42 Å². The van der Waals surface area contributed by atoms with Crippen LogP contribution in [0.1, 0.15) is 25.3 Å². The minimum Gasteiger partial charge on any atom is -0.208 e. The monoisotopic (exact) mass is 431 g/mol. The van der Waals surface area contributed by atoms with Crippen LogP contribution in [0.2, 0.25) is 0 Å². The van der Waals surface area contributed by atoms with Gasteiger partial charge < -0.3 is 0 Å². The average molecular weight is 434 g/mol. The fourth-order valence-electron chi connectivity index (χ4n) is 1.60. The molecule has 0 aromatic heterocycles. The SMILES string of the molecule is Cc1cc(Br)c(S(=O)(=O)NC(C)CCCCl)cc1Br. The molecule has 0 aliphatic carbocycles. The second kappa shape index (κ2) is 7.41. The van der Waals surface area contributed by atoms with Crippen molar-refractivity contribution in [2.75, 3.05) is 5.88 Å². The summed E-state index contributed by atoms with van der Waals surface area (Å²) in [5.41, 5.74) is 0.973. The van der Waals surface area contributed by atoms with Gasteiger partial charge in [0, 0.05) is 20.9 Å². The van der Waals surface area contributed by atoms with Crippen LogP contribution in [0.25, 0.3) is 0 Å². The predicted octanol–water partition coefficient (Wildman–Crippen LogP) is 4.21. The molecule has 0 saturated carbocycles. The molecular formula is C12H16Br2ClNO2S. The molecule has 1 aromatic rings. The fraction of sp³-hybridized carbons (Fsp3) is 0.500. The van der Waals surface area contributed by atoms with Crippen LogP contribution >= 0.6 is 43.5 Å². The number of nitrogens with one attached hydrogen (secondary N) is 1. The van der Waals surface area contributed by atoms with Crippen molar-refractivity contribution >= 4 is 53.5 Å². The van der Waals surface area contributed by atoms with Crippen molar-refractivity contribution in [1.29, 1.82) is 0 Å². The van der Waals surface area contributed by atoms with E-state index in [1.54, 1.807) is 12.1 Å². The van der Waals surface area contributed by atoms with E-state index in [-0.39, 0.29) is 10.9 Å². The second-order valence-corrected chi connectivity index (χ2v) is 8.15. The van der Waals surface area contributed by atoms with Crippen LogP contribution in [0.4, 0.5) is 0 Å². The Kier molecular flexibility index (Phi) is 6.79. The smallest absolute Gasteiger partial charge is 0.208 e. The van der Waals surface area contributed by atoms with Gasteiger partial charge in [-0.05, 0) is 60.3 Å². The Morgan fingerprint density at radius 2 is 1.95 bits per heavy atom. The average Bonchev–Trinajstić information content (AvgIpc) is 2.30. The maximum Gasteiger partial charge on any atom is 0.241 e. The molecule has 0 amide bonds. The van der Waals surface area contributed by atoms with Crippen LogP contribution in [0.15, 0.2) is 26.0 Å². The standard InChI is InChI=1S/C12H16Br2ClNO2S/c1-8-6-11(14)12(7-10(8)13)19(17,18)16-9(2)4-3-5-15/h6-7,9,16H,3-5H2,1-2H3. The van der Waals surface area contributed by atoms with Crippen LogP contribution in [0, 0.1) is 6.92 Å². The van der Waals surface area contributed by atoms with Gasteiger partial charge in [-0.2, -0.15) is 0 Å². The molecule has 0 heterocycles. The van der Waals surface area contributed by atoms with E-state index >= 15 is 0 Å². The highest BCUT2D eigenvalue weighted by molar-refractivity contribution is 9.11. The van der Waals surface area contributed by atoms with Crippen molar-refractivity contribution in [3.05, 3.63) is 26.6 Å². The number of alkyl halides is 1. The molecule has 7 heteroatoms. The first-order valence-electron chi connectivity index (χ1n) is 5.82. The molecule has 19 heavy (non-hydrogen) atoms. The van der Waals surface area contributed by atoms with E-state index in [2.05, 4.69) is 36.6 Å². The number of halogens is 3. The quantitative estimate of drug-likeness (QED) is 0.684. The van der Waals surface area contributed by atoms with Gasteiger partial charge in [0.2, 0.25) is 10.0 Å². The molecule has 3 nitrogen and oxygen atoms in total. The largest absolute Gasteiger partial charge is 0.241 e. The maximum absolute atomic E-state index is 12.3. The summed E-state index contributed by atoms with van der Waals surface area (Å²) in [6, 6.07) is 3.24. The van der Waals surface area contributed by atoms with E-state index in [0.717, 1.165) is 16.5 Å². The van der Waals surface area contributed by atoms with Crippen molar-refractivity contribution in [3.63, 3.8) is 0 Å². The first kappa shape index (κ1) is 17.4. The van der Waals surface area contributed by atoms with Crippen molar-refractivity contribution in [3.8, 4) is 0 Å². The van der Waals surface area contributed by atoms with Crippen LogP contribution < -0.4 is 4.72 Å². The van der Waals surface area contributed by atoms with Crippen molar-refractivity contribution in [2.45, 2.75) is 37.6 Å². The minimum atomic E-state index is -3.53. The molecule has 0 aliphatic rings. The topological polar surface area (TPSA) is 46.2 Å². The summed E-state index contributed by atoms with van der Waals surface area (Å²) in [6.07, 6.45) is 1.50. The zero-order chi connectivity index (χ0) is 14.6. The summed E-state index contributed by atoms with van der Waals surface area (Å²) in [4.78, 5) is 0.239. The van der Waals surface area contributed by atoms with Gasteiger partial charge in [0.1, 0.15) is 0 Å². The van der Waals surface area contributed by atoms with Crippen LogP contribution in [-0.2, 0) is 10.0 Å². The summed E-state index contributed by atoms with van der Waals surface area (Å²) in [7, 11) is -3.53. The zero-order valence-electron chi connectivity index (χ0n) is 10.7. The molecule has 0 fully saturated rings. The number of hydrogen-bond acceptors (Lipinski definition) is 2. The van der Waals surface area contributed by atoms with Crippen molar-refractivity contribution < 1.29 is 8.42 Å². The van der Waals surface area contributed by atoms with Crippen LogP contribution in [0.3, 0.4) is 0 Å². The molecule has 0 radical (unpaired) electrons. The van der Waals surface area contributed by atoms with Gasteiger partial charge in [0.05, 0.1) is 4.90 Å². The van der Waals surface area contributed by atoms with E-state index in [4.69, 9.17) is 11.6 Å². The van der Waals surface area contributed by atoms with Gasteiger partial charge in [-0.15, -0.1) is 11.6 Å². The van der Waals surface area contributed by atoms with Gasteiger partial charge in [-0.25, -0.2) is 13.1 Å². The van der Waals surface area contributed by atoms with Crippen molar-refractivity contribution in [1.82, 2.24) is 4.72 Å². The molecule has 1 atom stereocenters. The summed E-state index contributed by atoms with van der Waals surface area (Å²) < 4.78 is 28.6. The third-order valence-corrected chi connectivity index (χ3v) is 6.30. The van der Waals surface area contributed by atoms with Gasteiger partial charge in [-0.1, -0.05) is 15.9 Å². The van der Waals surface area contributed by atoms with E-state index in [0.29, 0.717) is 16.8 Å². The highest BCUT2D eigenvalue weighted by Crippen LogP contribution is 2.28. The second-order valence-electron chi connectivity index (χ2n) is 4.39. The first-order chi connectivity index (χ1) is 8.77. The zero-order valence-corrected chi connectivity index (χ0v) is 15.5. The Balaban J connectivity index is 2.98. The van der Waals surface area contributed by atoms with Gasteiger partial charge in [-0.3, -0.25) is 0 Å². The Morgan fingerprint density at radius 1 is 1.32 bits per heavy atom. The summed E-state index contributed by atoms with van der Waals surface area (Å²) >= 11 is 12.3. The Bertz CT molecular complexity index is 549. The highest BCUT2D eigenvalue weighted by Gasteiger charge is 2.21. The lowest BCUT2D eigenvalue weighted by Crippen LogP contribution is -2.32. The third-order valence-electron chi connectivity index (χ3n) is 2.63. The minimum absolute atomic E-state index is 0.143. The Labute approximate surface area is 136 Å². The molecule has 0 aliphatic heterocycles. The number of benzene rings is 1. The predicted molar refractivity (Wildman–Crippen MR) is 86.3 cm³/mol.